The zero-order chi connectivity index (χ0) is 13.7. The average molecular weight is 443 g/mol. The van der Waals surface area contributed by atoms with Crippen LogP contribution >= 0.6 is 47.8 Å². The van der Waals surface area contributed by atoms with Gasteiger partial charge in [0.05, 0.1) is 0 Å². The highest BCUT2D eigenvalue weighted by Gasteiger charge is 2.15. The van der Waals surface area contributed by atoms with Gasteiger partial charge < -0.3 is 14.9 Å². The predicted octanol–water partition coefficient (Wildman–Crippen LogP) is 4.13. The summed E-state index contributed by atoms with van der Waals surface area (Å²) < 4.78 is 4.71. The van der Waals surface area contributed by atoms with E-state index < -0.39 is 6.29 Å². The van der Waals surface area contributed by atoms with Gasteiger partial charge >= 0.3 is 0 Å². The number of hydrogen-bond donors (Lipinski definition) is 2. The van der Waals surface area contributed by atoms with Crippen LogP contribution in [0.15, 0.2) is 0 Å². The van der Waals surface area contributed by atoms with E-state index in [-0.39, 0.29) is 8.75 Å². The number of alkyl halides is 3. The van der Waals surface area contributed by atoms with Crippen molar-refractivity contribution < 1.29 is 14.9 Å². The van der Waals surface area contributed by atoms with E-state index in [2.05, 4.69) is 54.7 Å². The lowest BCUT2D eigenvalue weighted by molar-refractivity contribution is -0.0856. The highest BCUT2D eigenvalue weighted by Crippen LogP contribution is 2.38. The summed E-state index contributed by atoms with van der Waals surface area (Å²) in [6.45, 7) is 4.66. The molecular weight excluding hydrogens is 420 g/mol. The molecule has 0 aliphatic rings. The molecule has 0 amide bonds. The third kappa shape index (κ3) is 26.8. The number of rotatable bonds is 7. The van der Waals surface area contributed by atoms with Crippen molar-refractivity contribution in [2.24, 2.45) is 0 Å². The van der Waals surface area contributed by atoms with Gasteiger partial charge in [0.2, 0.25) is 0 Å². The van der Waals surface area contributed by atoms with Crippen molar-refractivity contribution in [1.29, 1.82) is 0 Å². The van der Waals surface area contributed by atoms with Crippen LogP contribution in [0.3, 0.4) is 0 Å². The quantitative estimate of drug-likeness (QED) is 0.354. The van der Waals surface area contributed by atoms with E-state index in [0.717, 1.165) is 32.1 Å². The second-order valence-corrected chi connectivity index (χ2v) is 10.9. The Kier molecular flexibility index (Phi) is 16.7. The minimum absolute atomic E-state index is 0.123. The van der Waals surface area contributed by atoms with E-state index in [4.69, 9.17) is 14.9 Å². The second-order valence-electron chi connectivity index (χ2n) is 3.62. The fourth-order valence-corrected chi connectivity index (χ4v) is 1.68. The van der Waals surface area contributed by atoms with Crippen LogP contribution in [0.1, 0.15) is 46.0 Å². The lowest BCUT2D eigenvalue weighted by Crippen LogP contribution is -2.06. The Labute approximate surface area is 130 Å². The number of ether oxygens (including phenoxy) is 1. The van der Waals surface area contributed by atoms with Crippen molar-refractivity contribution >= 4 is 47.8 Å². The van der Waals surface area contributed by atoms with Crippen molar-refractivity contribution in [3.8, 4) is 0 Å². The molecule has 0 aromatic heterocycles. The van der Waals surface area contributed by atoms with E-state index in [0.29, 0.717) is 6.61 Å². The van der Waals surface area contributed by atoms with Crippen molar-refractivity contribution in [2.45, 2.75) is 54.4 Å². The van der Waals surface area contributed by atoms with Crippen LogP contribution in [-0.2, 0) is 4.74 Å². The maximum absolute atomic E-state index is 8.56. The first-order valence-corrected chi connectivity index (χ1v) is 8.18. The van der Waals surface area contributed by atoms with Gasteiger partial charge in [-0.15, -0.1) is 0 Å². The van der Waals surface area contributed by atoms with Crippen LogP contribution in [0.2, 0.25) is 0 Å². The molecule has 0 aliphatic heterocycles. The molecule has 0 saturated carbocycles. The molecule has 0 aliphatic carbocycles. The van der Waals surface area contributed by atoms with E-state index in [1.54, 1.807) is 6.92 Å². The van der Waals surface area contributed by atoms with Gasteiger partial charge in [-0.2, -0.15) is 0 Å². The summed E-state index contributed by atoms with van der Waals surface area (Å²) in [5, 5.41) is 17.0. The van der Waals surface area contributed by atoms with Crippen LogP contribution in [0.4, 0.5) is 0 Å². The maximum atomic E-state index is 8.56. The summed E-state index contributed by atoms with van der Waals surface area (Å²) in [7, 11) is 0. The van der Waals surface area contributed by atoms with Gasteiger partial charge in [-0.25, -0.2) is 0 Å². The normalized spacial score (nSPS) is 12.9. The lowest BCUT2D eigenvalue weighted by Gasteiger charge is -2.09. The van der Waals surface area contributed by atoms with Crippen molar-refractivity contribution in [2.75, 3.05) is 13.2 Å². The second kappa shape index (κ2) is 13.7. The molecule has 0 spiro atoms. The van der Waals surface area contributed by atoms with Crippen molar-refractivity contribution in [3.63, 3.8) is 0 Å². The average Bonchev–Trinajstić information content (AvgIpc) is 2.17. The van der Waals surface area contributed by atoms with Crippen LogP contribution in [0.5, 0.6) is 0 Å². The van der Waals surface area contributed by atoms with E-state index in [1.807, 2.05) is 0 Å². The molecule has 106 valence electrons. The molecule has 0 aromatic rings. The van der Waals surface area contributed by atoms with Crippen molar-refractivity contribution in [3.05, 3.63) is 0 Å². The smallest absolute Gasteiger partial charge is 0.151 e. The molecule has 0 bridgehead atoms. The Hall–Kier alpha value is 1.32. The molecule has 0 rings (SSSR count). The molecule has 0 fully saturated rings. The van der Waals surface area contributed by atoms with Gasteiger partial charge in [0.15, 0.2) is 6.29 Å². The van der Waals surface area contributed by atoms with Crippen LogP contribution < -0.4 is 0 Å². The first kappa shape index (κ1) is 20.6. The number of aliphatic hydroxyl groups excluding tert-OH is 2. The molecule has 2 N–H and O–H groups in total. The Balaban J connectivity index is 0. The summed E-state index contributed by atoms with van der Waals surface area (Å²) in [5.74, 6) is 0. The minimum atomic E-state index is -0.596. The summed E-state index contributed by atoms with van der Waals surface area (Å²) in [6, 6.07) is 0. The Morgan fingerprint density at radius 1 is 1.18 bits per heavy atom. The lowest BCUT2D eigenvalue weighted by atomic mass is 10.3. The fraction of sp³-hybridized carbons (Fsp3) is 1.00. The first-order valence-electron chi connectivity index (χ1n) is 5.80. The molecule has 17 heavy (non-hydrogen) atoms. The summed E-state index contributed by atoms with van der Waals surface area (Å²) in [5.41, 5.74) is 0. The van der Waals surface area contributed by atoms with Gasteiger partial charge in [-0.1, -0.05) is 61.1 Å². The number of hydrogen-bond acceptors (Lipinski definition) is 3. The summed E-state index contributed by atoms with van der Waals surface area (Å²) >= 11 is 10.1. The highest BCUT2D eigenvalue weighted by atomic mass is 80.0. The van der Waals surface area contributed by atoms with Gasteiger partial charge in [0.25, 0.3) is 0 Å². The first-order chi connectivity index (χ1) is 7.83. The number of halogens is 3. The number of aliphatic hydroxyl groups is 2. The molecule has 0 aromatic carbocycles. The monoisotopic (exact) mass is 440 g/mol. The van der Waals surface area contributed by atoms with E-state index >= 15 is 0 Å². The molecular formula is C11H23Br3O3. The third-order valence-corrected chi connectivity index (χ3v) is 2.91. The molecule has 0 heterocycles. The van der Waals surface area contributed by atoms with Gasteiger partial charge in [0, 0.05) is 13.2 Å². The van der Waals surface area contributed by atoms with Crippen LogP contribution in [0, 0.1) is 0 Å². The molecule has 6 heteroatoms. The SMILES string of the molecule is CCCCOC(C)O.OCCCCC(Br)(Br)Br. The minimum Gasteiger partial charge on any atom is -0.396 e. The van der Waals surface area contributed by atoms with Gasteiger partial charge in [-0.05, 0) is 32.6 Å². The van der Waals surface area contributed by atoms with Crippen molar-refractivity contribution in [1.82, 2.24) is 0 Å². The van der Waals surface area contributed by atoms with Crippen LogP contribution in [0.25, 0.3) is 0 Å². The predicted molar refractivity (Wildman–Crippen MR) is 83.0 cm³/mol. The van der Waals surface area contributed by atoms with Crippen LogP contribution in [-0.4, -0.2) is 31.9 Å². The topological polar surface area (TPSA) is 49.7 Å². The van der Waals surface area contributed by atoms with Gasteiger partial charge in [0.1, 0.15) is 2.14 Å². The third-order valence-electron chi connectivity index (χ3n) is 1.73. The Morgan fingerprint density at radius 2 is 1.76 bits per heavy atom. The van der Waals surface area contributed by atoms with E-state index in [1.165, 1.54) is 0 Å². The van der Waals surface area contributed by atoms with Gasteiger partial charge in [-0.3, -0.25) is 0 Å². The largest absolute Gasteiger partial charge is 0.396 e. The fourth-order valence-electron chi connectivity index (χ4n) is 0.835. The molecule has 0 saturated heterocycles. The number of unbranched alkanes of at least 4 members (excludes halogenated alkanes) is 2. The Morgan fingerprint density at radius 3 is 2.12 bits per heavy atom. The Bertz CT molecular complexity index is 149. The standard InChI is InChI=1S/C6H14O2.C5H9Br3O/c1-3-4-5-8-6(2)7;6-5(7,8)3-1-2-4-9/h6-7H,3-5H2,1-2H3;9H,1-4H2. The molecule has 3 nitrogen and oxygen atoms in total. The zero-order valence-electron chi connectivity index (χ0n) is 10.5. The highest BCUT2D eigenvalue weighted by molar-refractivity contribution is 9.39. The summed E-state index contributed by atoms with van der Waals surface area (Å²) in [4.78, 5) is 0. The zero-order valence-corrected chi connectivity index (χ0v) is 15.2. The maximum Gasteiger partial charge on any atom is 0.151 e. The molecule has 0 radical (unpaired) electrons. The molecule has 1 unspecified atom stereocenters. The van der Waals surface area contributed by atoms with E-state index in [9.17, 15) is 0 Å². The molecule has 1 atom stereocenters. The summed E-state index contributed by atoms with van der Waals surface area (Å²) in [6.07, 6.45) is 4.40.